The summed E-state index contributed by atoms with van der Waals surface area (Å²) in [6, 6.07) is 7.67. The Labute approximate surface area is 99.9 Å². The third kappa shape index (κ3) is 1.47. The van der Waals surface area contributed by atoms with E-state index in [-0.39, 0.29) is 12.2 Å². The molecule has 2 aliphatic rings. The quantitative estimate of drug-likeness (QED) is 0.837. The average molecular weight is 230 g/mol. The second kappa shape index (κ2) is 3.80. The highest BCUT2D eigenvalue weighted by Gasteiger charge is 2.57. The summed E-state index contributed by atoms with van der Waals surface area (Å²) < 4.78 is 5.71. The molecule has 88 valence electrons. The standard InChI is InChI=1S/C13H14N2O2/c14-8-13(7-9-4-5-11(13)17-9)12(16)10-3-1-2-6-15-10/h1-3,6,9,11-12,16H,4-5,7H2. The predicted octanol–water partition coefficient (Wildman–Crippen LogP) is 1.58. The Morgan fingerprint density at radius 3 is 2.94 bits per heavy atom. The van der Waals surface area contributed by atoms with E-state index >= 15 is 0 Å². The molecule has 3 heterocycles. The van der Waals surface area contributed by atoms with E-state index in [2.05, 4.69) is 11.1 Å². The number of rotatable bonds is 2. The molecule has 0 amide bonds. The van der Waals surface area contributed by atoms with Crippen molar-refractivity contribution < 1.29 is 9.84 Å². The molecule has 0 aliphatic carbocycles. The molecule has 17 heavy (non-hydrogen) atoms. The zero-order valence-electron chi connectivity index (χ0n) is 9.41. The van der Waals surface area contributed by atoms with Gasteiger partial charge in [-0.2, -0.15) is 5.26 Å². The van der Waals surface area contributed by atoms with E-state index in [1.807, 2.05) is 6.07 Å². The lowest BCUT2D eigenvalue weighted by Gasteiger charge is -2.32. The smallest absolute Gasteiger partial charge is 0.117 e. The molecule has 0 saturated carbocycles. The van der Waals surface area contributed by atoms with Gasteiger partial charge >= 0.3 is 0 Å². The van der Waals surface area contributed by atoms with Gasteiger partial charge in [-0.05, 0) is 31.4 Å². The number of pyridine rings is 1. The largest absolute Gasteiger partial charge is 0.385 e. The first-order valence-corrected chi connectivity index (χ1v) is 5.92. The number of nitriles is 1. The molecule has 0 spiro atoms. The van der Waals surface area contributed by atoms with Crippen LogP contribution in [0.15, 0.2) is 24.4 Å². The number of nitrogens with zero attached hydrogens (tertiary/aromatic N) is 2. The van der Waals surface area contributed by atoms with E-state index in [9.17, 15) is 10.4 Å². The summed E-state index contributed by atoms with van der Waals surface area (Å²) in [7, 11) is 0. The van der Waals surface area contributed by atoms with E-state index < -0.39 is 11.5 Å². The van der Waals surface area contributed by atoms with E-state index in [0.717, 1.165) is 12.8 Å². The summed E-state index contributed by atoms with van der Waals surface area (Å²) in [4.78, 5) is 4.14. The molecule has 1 N–H and O–H groups in total. The lowest BCUT2D eigenvalue weighted by atomic mass is 9.70. The van der Waals surface area contributed by atoms with E-state index in [1.165, 1.54) is 0 Å². The Kier molecular flexibility index (Phi) is 2.39. The molecule has 0 radical (unpaired) electrons. The zero-order valence-corrected chi connectivity index (χ0v) is 9.41. The van der Waals surface area contributed by atoms with Crippen LogP contribution in [0, 0.1) is 16.7 Å². The average Bonchev–Trinajstić information content (AvgIpc) is 2.99. The van der Waals surface area contributed by atoms with Crippen LogP contribution in [0.3, 0.4) is 0 Å². The minimum Gasteiger partial charge on any atom is -0.385 e. The molecule has 1 aromatic heterocycles. The summed E-state index contributed by atoms with van der Waals surface area (Å²) in [5.74, 6) is 0. The van der Waals surface area contributed by atoms with Gasteiger partial charge in [0.15, 0.2) is 0 Å². The predicted molar refractivity (Wildman–Crippen MR) is 59.8 cm³/mol. The molecule has 3 rings (SSSR count). The molecule has 4 atom stereocenters. The van der Waals surface area contributed by atoms with Gasteiger partial charge in [0.1, 0.15) is 11.5 Å². The Morgan fingerprint density at radius 2 is 2.41 bits per heavy atom. The maximum Gasteiger partial charge on any atom is 0.117 e. The summed E-state index contributed by atoms with van der Waals surface area (Å²) >= 11 is 0. The topological polar surface area (TPSA) is 66.1 Å². The second-order valence-corrected chi connectivity index (χ2v) is 4.84. The molecule has 2 saturated heterocycles. The molecule has 4 nitrogen and oxygen atoms in total. The first-order valence-electron chi connectivity index (χ1n) is 5.92. The highest BCUT2D eigenvalue weighted by molar-refractivity contribution is 5.22. The summed E-state index contributed by atoms with van der Waals surface area (Å²) in [6.07, 6.45) is 3.26. The van der Waals surface area contributed by atoms with Gasteiger partial charge in [0.25, 0.3) is 0 Å². The highest BCUT2D eigenvalue weighted by Crippen LogP contribution is 2.53. The van der Waals surface area contributed by atoms with Crippen LogP contribution in [0.4, 0.5) is 0 Å². The van der Waals surface area contributed by atoms with Crippen molar-refractivity contribution >= 4 is 0 Å². The summed E-state index contributed by atoms with van der Waals surface area (Å²) in [5.41, 5.74) is -0.248. The Morgan fingerprint density at radius 1 is 1.53 bits per heavy atom. The molecule has 2 aliphatic heterocycles. The number of hydrogen-bond donors (Lipinski definition) is 1. The molecule has 2 bridgehead atoms. The summed E-state index contributed by atoms with van der Waals surface area (Å²) in [5, 5.41) is 19.9. The van der Waals surface area contributed by atoms with Gasteiger partial charge in [-0.25, -0.2) is 0 Å². The SMILES string of the molecule is N#CC1(C(O)c2ccccn2)CC2CCC1O2. The fourth-order valence-corrected chi connectivity index (χ4v) is 3.01. The van der Waals surface area contributed by atoms with Crippen molar-refractivity contribution in [2.75, 3.05) is 0 Å². The van der Waals surface area contributed by atoms with Crippen LogP contribution in [0.5, 0.6) is 0 Å². The third-order valence-electron chi connectivity index (χ3n) is 3.91. The number of hydrogen-bond acceptors (Lipinski definition) is 4. The maximum absolute atomic E-state index is 10.4. The third-order valence-corrected chi connectivity index (χ3v) is 3.91. The van der Waals surface area contributed by atoms with Crippen LogP contribution < -0.4 is 0 Å². The molecule has 4 unspecified atom stereocenters. The minimum atomic E-state index is -0.857. The molecular weight excluding hydrogens is 216 g/mol. The number of aliphatic hydroxyl groups is 1. The maximum atomic E-state index is 10.4. The Bertz CT molecular complexity index is 456. The van der Waals surface area contributed by atoms with Crippen molar-refractivity contribution in [2.45, 2.75) is 37.6 Å². The van der Waals surface area contributed by atoms with E-state index in [0.29, 0.717) is 12.1 Å². The van der Waals surface area contributed by atoms with Gasteiger partial charge in [-0.15, -0.1) is 0 Å². The van der Waals surface area contributed by atoms with Crippen LogP contribution in [0.2, 0.25) is 0 Å². The van der Waals surface area contributed by atoms with Gasteiger partial charge in [-0.1, -0.05) is 6.07 Å². The lowest BCUT2D eigenvalue weighted by molar-refractivity contribution is 0.00124. The molecule has 1 aromatic rings. The molecule has 4 heteroatoms. The van der Waals surface area contributed by atoms with Crippen molar-refractivity contribution in [3.8, 4) is 6.07 Å². The van der Waals surface area contributed by atoms with Crippen molar-refractivity contribution in [1.82, 2.24) is 4.98 Å². The van der Waals surface area contributed by atoms with E-state index in [4.69, 9.17) is 4.74 Å². The molecule has 2 fully saturated rings. The van der Waals surface area contributed by atoms with Crippen molar-refractivity contribution in [3.63, 3.8) is 0 Å². The van der Waals surface area contributed by atoms with Gasteiger partial charge in [0, 0.05) is 6.20 Å². The van der Waals surface area contributed by atoms with Gasteiger partial charge in [-0.3, -0.25) is 4.98 Å². The fraction of sp³-hybridized carbons (Fsp3) is 0.538. The van der Waals surface area contributed by atoms with Crippen LogP contribution in [-0.4, -0.2) is 22.3 Å². The number of aromatic nitrogens is 1. The summed E-state index contributed by atoms with van der Waals surface area (Å²) in [6.45, 7) is 0. The van der Waals surface area contributed by atoms with Crippen LogP contribution >= 0.6 is 0 Å². The van der Waals surface area contributed by atoms with Gasteiger partial charge in [0.2, 0.25) is 0 Å². The number of aliphatic hydroxyl groups excluding tert-OH is 1. The normalized spacial score (nSPS) is 36.7. The molecular formula is C13H14N2O2. The van der Waals surface area contributed by atoms with Crippen LogP contribution in [0.25, 0.3) is 0 Å². The van der Waals surface area contributed by atoms with E-state index in [1.54, 1.807) is 18.3 Å². The van der Waals surface area contributed by atoms with Gasteiger partial charge < -0.3 is 9.84 Å². The van der Waals surface area contributed by atoms with Crippen LogP contribution in [-0.2, 0) is 4.74 Å². The van der Waals surface area contributed by atoms with Crippen molar-refractivity contribution in [2.24, 2.45) is 5.41 Å². The Hall–Kier alpha value is -1.44. The van der Waals surface area contributed by atoms with Crippen LogP contribution in [0.1, 0.15) is 31.1 Å². The van der Waals surface area contributed by atoms with Crippen molar-refractivity contribution in [1.29, 1.82) is 5.26 Å². The molecule has 0 aromatic carbocycles. The second-order valence-electron chi connectivity index (χ2n) is 4.84. The minimum absolute atomic E-state index is 0.137. The first kappa shape index (κ1) is 10.7. The highest BCUT2D eigenvalue weighted by atomic mass is 16.5. The number of ether oxygens (including phenoxy) is 1. The zero-order chi connectivity index (χ0) is 11.9. The number of fused-ring (bicyclic) bond motifs is 2. The fourth-order valence-electron chi connectivity index (χ4n) is 3.01. The Balaban J connectivity index is 1.95. The monoisotopic (exact) mass is 230 g/mol. The van der Waals surface area contributed by atoms with Crippen molar-refractivity contribution in [3.05, 3.63) is 30.1 Å². The van der Waals surface area contributed by atoms with Gasteiger partial charge in [0.05, 0.1) is 24.0 Å². The lowest BCUT2D eigenvalue weighted by Crippen LogP contribution is -2.37. The first-order chi connectivity index (χ1) is 8.26.